The van der Waals surface area contributed by atoms with Crippen molar-refractivity contribution in [3.63, 3.8) is 0 Å². The monoisotopic (exact) mass is 378 g/mol. The number of fused-ring (bicyclic) bond motifs is 1. The summed E-state index contributed by atoms with van der Waals surface area (Å²) in [6.45, 7) is 22.7. The largest absolute Gasteiger partial charge is 0.508 e. The van der Waals surface area contributed by atoms with Crippen LogP contribution in [-0.2, 0) is 6.42 Å². The van der Waals surface area contributed by atoms with Crippen molar-refractivity contribution < 1.29 is 10.2 Å². The highest BCUT2D eigenvalue weighted by molar-refractivity contribution is 5.76. The van der Waals surface area contributed by atoms with Crippen molar-refractivity contribution in [1.82, 2.24) is 0 Å². The van der Waals surface area contributed by atoms with E-state index in [0.717, 1.165) is 29.6 Å². The molecule has 0 bridgehead atoms. The Kier molecular flexibility index (Phi) is 6.56. The van der Waals surface area contributed by atoms with Crippen LogP contribution in [0.5, 0.6) is 0 Å². The third kappa shape index (κ3) is 4.39. The Labute approximate surface area is 170 Å². The van der Waals surface area contributed by atoms with E-state index < -0.39 is 0 Å². The molecule has 0 spiro atoms. The van der Waals surface area contributed by atoms with Crippen molar-refractivity contribution in [2.24, 2.45) is 11.3 Å². The summed E-state index contributed by atoms with van der Waals surface area (Å²) < 4.78 is 0. The Bertz CT molecular complexity index is 878. The van der Waals surface area contributed by atoms with Crippen LogP contribution in [0, 0.1) is 25.2 Å². The molecule has 0 radical (unpaired) electrons. The van der Waals surface area contributed by atoms with Gasteiger partial charge in [0.1, 0.15) is 5.76 Å². The minimum absolute atomic E-state index is 0.0244. The molecular formula is C26H34O2. The van der Waals surface area contributed by atoms with Crippen molar-refractivity contribution in [1.29, 1.82) is 0 Å². The number of aliphatic hydroxyl groups is 2. The summed E-state index contributed by atoms with van der Waals surface area (Å²) in [6, 6.07) is 4.51. The van der Waals surface area contributed by atoms with Crippen LogP contribution < -0.4 is 0 Å². The molecule has 1 aliphatic rings. The molecule has 0 aromatic heterocycles. The fourth-order valence-electron chi connectivity index (χ4n) is 4.06. The first-order valence-electron chi connectivity index (χ1n) is 9.85. The average molecular weight is 379 g/mol. The maximum Gasteiger partial charge on any atom is 0.115 e. The van der Waals surface area contributed by atoms with Gasteiger partial charge in [0, 0.05) is 12.2 Å². The van der Waals surface area contributed by atoms with E-state index in [0.29, 0.717) is 5.57 Å². The lowest BCUT2D eigenvalue weighted by Crippen LogP contribution is -2.30. The molecule has 0 saturated heterocycles. The van der Waals surface area contributed by atoms with Gasteiger partial charge in [0.05, 0.1) is 0 Å². The van der Waals surface area contributed by atoms with Crippen molar-refractivity contribution in [3.05, 3.63) is 88.8 Å². The summed E-state index contributed by atoms with van der Waals surface area (Å²) in [5, 5.41) is 19.8. The Balaban J connectivity index is 2.65. The summed E-state index contributed by atoms with van der Waals surface area (Å²) in [7, 11) is 0. The van der Waals surface area contributed by atoms with Crippen LogP contribution in [0.1, 0.15) is 49.4 Å². The van der Waals surface area contributed by atoms with Crippen molar-refractivity contribution in [2.45, 2.75) is 47.5 Å². The van der Waals surface area contributed by atoms with Gasteiger partial charge in [0.15, 0.2) is 0 Å². The van der Waals surface area contributed by atoms with E-state index in [-0.39, 0.29) is 23.7 Å². The van der Waals surface area contributed by atoms with Crippen LogP contribution in [-0.4, -0.2) is 16.8 Å². The average Bonchev–Trinajstić information content (AvgIpc) is 2.73. The minimum Gasteiger partial charge on any atom is -0.508 e. The number of hydrogen-bond donors (Lipinski definition) is 2. The van der Waals surface area contributed by atoms with Gasteiger partial charge in [-0.2, -0.15) is 0 Å². The lowest BCUT2D eigenvalue weighted by molar-refractivity contribution is 0.112. The summed E-state index contributed by atoms with van der Waals surface area (Å²) in [5.41, 5.74) is 8.41. The first-order chi connectivity index (χ1) is 13.0. The molecule has 2 N–H and O–H groups in total. The van der Waals surface area contributed by atoms with Crippen molar-refractivity contribution >= 4 is 5.57 Å². The fourth-order valence-corrected chi connectivity index (χ4v) is 4.06. The number of hydrogen-bond acceptors (Lipinski definition) is 2. The Hall–Kier alpha value is -2.32. The number of rotatable bonds is 5. The molecule has 2 rings (SSSR count). The molecule has 2 heteroatoms. The molecule has 0 saturated carbocycles. The van der Waals surface area contributed by atoms with Crippen LogP contribution in [0.25, 0.3) is 5.57 Å². The first kappa shape index (κ1) is 22.0. The highest BCUT2D eigenvalue weighted by Crippen LogP contribution is 2.43. The van der Waals surface area contributed by atoms with Crippen molar-refractivity contribution in [2.75, 3.05) is 6.61 Å². The first-order valence-corrected chi connectivity index (χ1v) is 9.85. The zero-order valence-corrected chi connectivity index (χ0v) is 18.0. The van der Waals surface area contributed by atoms with E-state index in [1.807, 2.05) is 19.1 Å². The van der Waals surface area contributed by atoms with E-state index in [2.05, 4.69) is 59.6 Å². The SMILES string of the molecule is C=C(O)/C(=C/C)C(=C)/C=C1\CC(=C)C(C(C)(C)CO)Cc2cc(C)c(C)cc21. The number of benzene rings is 1. The van der Waals surface area contributed by atoms with Gasteiger partial charge < -0.3 is 10.2 Å². The summed E-state index contributed by atoms with van der Waals surface area (Å²) in [6.07, 6.45) is 5.45. The van der Waals surface area contributed by atoms with Gasteiger partial charge in [-0.15, -0.1) is 0 Å². The van der Waals surface area contributed by atoms with Gasteiger partial charge in [0.2, 0.25) is 0 Å². The lowest BCUT2D eigenvalue weighted by Gasteiger charge is -2.33. The summed E-state index contributed by atoms with van der Waals surface area (Å²) >= 11 is 0. The molecule has 1 aromatic carbocycles. The van der Waals surface area contributed by atoms with Gasteiger partial charge in [-0.1, -0.05) is 63.4 Å². The molecule has 1 atom stereocenters. The Morgan fingerprint density at radius 1 is 1.21 bits per heavy atom. The molecular weight excluding hydrogens is 344 g/mol. The summed E-state index contributed by atoms with van der Waals surface area (Å²) in [5.74, 6) is 0.211. The number of aliphatic hydroxyl groups excluding tert-OH is 2. The second kappa shape index (κ2) is 8.36. The molecule has 0 amide bonds. The normalized spacial score (nSPS) is 19.4. The molecule has 1 aromatic rings. The number of aryl methyl sites for hydroxylation is 2. The molecule has 2 nitrogen and oxygen atoms in total. The van der Waals surface area contributed by atoms with E-state index in [9.17, 15) is 10.2 Å². The second-order valence-electron chi connectivity index (χ2n) is 8.68. The smallest absolute Gasteiger partial charge is 0.115 e. The van der Waals surface area contributed by atoms with Gasteiger partial charge in [-0.25, -0.2) is 0 Å². The van der Waals surface area contributed by atoms with E-state index in [4.69, 9.17) is 0 Å². The highest BCUT2D eigenvalue weighted by atomic mass is 16.3. The standard InChI is InChI=1S/C26H34O2/c1-9-23(20(6)28)18(4)11-21-12-19(5)25(26(7,8)15-27)14-22-10-16(2)17(3)13-24(21)22/h9-11,13,25,27-28H,4-6,12,14-15H2,1-3,7-8H3/b21-11+,23-9+. The zero-order chi connectivity index (χ0) is 21.2. The van der Waals surface area contributed by atoms with Crippen LogP contribution >= 0.6 is 0 Å². The predicted octanol–water partition coefficient (Wildman–Crippen LogP) is 6.40. The molecule has 0 heterocycles. The van der Waals surface area contributed by atoms with Gasteiger partial charge in [-0.3, -0.25) is 0 Å². The lowest BCUT2D eigenvalue weighted by atomic mass is 9.72. The van der Waals surface area contributed by atoms with Crippen LogP contribution in [0.2, 0.25) is 0 Å². The Morgan fingerprint density at radius 2 is 1.82 bits per heavy atom. The Morgan fingerprint density at radius 3 is 2.36 bits per heavy atom. The number of allylic oxidation sites excluding steroid dienone is 5. The van der Waals surface area contributed by atoms with E-state index >= 15 is 0 Å². The highest BCUT2D eigenvalue weighted by Gasteiger charge is 2.34. The van der Waals surface area contributed by atoms with Gasteiger partial charge >= 0.3 is 0 Å². The summed E-state index contributed by atoms with van der Waals surface area (Å²) in [4.78, 5) is 0. The van der Waals surface area contributed by atoms with Crippen molar-refractivity contribution in [3.8, 4) is 0 Å². The van der Waals surface area contributed by atoms with Gasteiger partial charge in [-0.05, 0) is 78.3 Å². The fraction of sp³-hybridized carbons (Fsp3) is 0.385. The molecule has 1 unspecified atom stereocenters. The topological polar surface area (TPSA) is 40.5 Å². The maximum atomic E-state index is 9.96. The third-order valence-corrected chi connectivity index (χ3v) is 6.04. The zero-order valence-electron chi connectivity index (χ0n) is 18.0. The quantitative estimate of drug-likeness (QED) is 0.269. The van der Waals surface area contributed by atoms with E-state index in [1.54, 1.807) is 0 Å². The maximum absolute atomic E-state index is 9.96. The van der Waals surface area contributed by atoms with Gasteiger partial charge in [0.25, 0.3) is 0 Å². The molecule has 1 aliphatic carbocycles. The van der Waals surface area contributed by atoms with Crippen LogP contribution in [0.4, 0.5) is 0 Å². The molecule has 0 aliphatic heterocycles. The predicted molar refractivity (Wildman–Crippen MR) is 120 cm³/mol. The molecule has 150 valence electrons. The van der Waals surface area contributed by atoms with Crippen LogP contribution in [0.15, 0.2) is 66.5 Å². The van der Waals surface area contributed by atoms with Crippen LogP contribution in [0.3, 0.4) is 0 Å². The second-order valence-corrected chi connectivity index (χ2v) is 8.68. The third-order valence-electron chi connectivity index (χ3n) is 6.04. The van der Waals surface area contributed by atoms with E-state index in [1.165, 1.54) is 22.3 Å². The molecule has 0 fully saturated rings. The minimum atomic E-state index is -0.243. The molecule has 28 heavy (non-hydrogen) atoms.